The van der Waals surface area contributed by atoms with Gasteiger partial charge >= 0.3 is 6.36 Å². The van der Waals surface area contributed by atoms with Crippen LogP contribution in [0.5, 0.6) is 17.2 Å². The Labute approximate surface area is 124 Å². The zero-order valence-corrected chi connectivity index (χ0v) is 11.6. The molecule has 0 spiro atoms. The molecule has 0 aliphatic rings. The molecular formula is C15H14F3NO3. The molecule has 1 atom stereocenters. The smallest absolute Gasteiger partial charge is 0.504 e. The van der Waals surface area contributed by atoms with E-state index in [1.807, 2.05) is 0 Å². The first-order chi connectivity index (χ1) is 10.3. The molecule has 2 aromatic rings. The number of halogens is 3. The molecule has 0 saturated heterocycles. The molecule has 2 rings (SSSR count). The molecule has 0 aliphatic carbocycles. The Morgan fingerprint density at radius 3 is 2.27 bits per heavy atom. The molecule has 22 heavy (non-hydrogen) atoms. The maximum atomic E-state index is 12.1. The van der Waals surface area contributed by atoms with Crippen molar-refractivity contribution in [2.75, 3.05) is 7.11 Å². The fraction of sp³-hybridized carbons (Fsp3) is 0.200. The van der Waals surface area contributed by atoms with Gasteiger partial charge in [0.1, 0.15) is 5.75 Å². The van der Waals surface area contributed by atoms with Crippen LogP contribution in [0.3, 0.4) is 0 Å². The molecule has 7 heteroatoms. The van der Waals surface area contributed by atoms with Gasteiger partial charge < -0.3 is 20.3 Å². The Bertz CT molecular complexity index is 641. The maximum Gasteiger partial charge on any atom is 0.573 e. The van der Waals surface area contributed by atoms with Crippen LogP contribution >= 0.6 is 0 Å². The average molecular weight is 313 g/mol. The average Bonchev–Trinajstić information content (AvgIpc) is 2.46. The van der Waals surface area contributed by atoms with E-state index in [0.29, 0.717) is 11.1 Å². The number of para-hydroxylation sites is 1. The second kappa shape index (κ2) is 6.15. The maximum absolute atomic E-state index is 12.1. The molecule has 0 unspecified atom stereocenters. The Balaban J connectivity index is 2.25. The van der Waals surface area contributed by atoms with Gasteiger partial charge in [0.15, 0.2) is 11.5 Å². The summed E-state index contributed by atoms with van der Waals surface area (Å²) in [6, 6.07) is 9.29. The third-order valence-corrected chi connectivity index (χ3v) is 3.06. The summed E-state index contributed by atoms with van der Waals surface area (Å²) < 4.78 is 45.1. The molecule has 118 valence electrons. The summed E-state index contributed by atoms with van der Waals surface area (Å²) in [5.41, 5.74) is 6.97. The van der Waals surface area contributed by atoms with Crippen LogP contribution in [0.4, 0.5) is 13.2 Å². The fourth-order valence-electron chi connectivity index (χ4n) is 2.01. The minimum Gasteiger partial charge on any atom is -0.504 e. The van der Waals surface area contributed by atoms with Gasteiger partial charge in [-0.3, -0.25) is 0 Å². The molecule has 0 aliphatic heterocycles. The van der Waals surface area contributed by atoms with E-state index in [4.69, 9.17) is 10.5 Å². The second-order valence-corrected chi connectivity index (χ2v) is 4.49. The minimum atomic E-state index is -4.74. The lowest BCUT2D eigenvalue weighted by molar-refractivity contribution is -0.274. The molecule has 0 radical (unpaired) electrons. The third-order valence-electron chi connectivity index (χ3n) is 3.06. The standard InChI is InChI=1S/C15H14F3NO3/c1-21-12-4-2-3-11(14(12)20)13(19)9-5-7-10(8-6-9)22-15(16,17)18/h2-8,13,20H,19H2,1H3/t13-/m0/s1. The highest BCUT2D eigenvalue weighted by Crippen LogP contribution is 2.35. The first kappa shape index (κ1) is 16.0. The van der Waals surface area contributed by atoms with E-state index in [9.17, 15) is 18.3 Å². The monoisotopic (exact) mass is 313 g/mol. The summed E-state index contributed by atoms with van der Waals surface area (Å²) in [6.07, 6.45) is -4.74. The van der Waals surface area contributed by atoms with Crippen molar-refractivity contribution in [3.05, 3.63) is 53.6 Å². The van der Waals surface area contributed by atoms with Crippen molar-refractivity contribution in [3.63, 3.8) is 0 Å². The van der Waals surface area contributed by atoms with Gasteiger partial charge in [-0.1, -0.05) is 24.3 Å². The van der Waals surface area contributed by atoms with Crippen LogP contribution in [0.2, 0.25) is 0 Å². The van der Waals surface area contributed by atoms with Crippen LogP contribution in [0, 0.1) is 0 Å². The number of rotatable bonds is 4. The SMILES string of the molecule is COc1cccc([C@@H](N)c2ccc(OC(F)(F)F)cc2)c1O. The molecular weight excluding hydrogens is 299 g/mol. The number of methoxy groups -OCH3 is 1. The van der Waals surface area contributed by atoms with Gasteiger partial charge in [-0.05, 0) is 23.8 Å². The topological polar surface area (TPSA) is 64.7 Å². The Morgan fingerprint density at radius 2 is 1.73 bits per heavy atom. The van der Waals surface area contributed by atoms with Crippen LogP contribution in [-0.4, -0.2) is 18.6 Å². The molecule has 0 aromatic heterocycles. The third kappa shape index (κ3) is 3.62. The van der Waals surface area contributed by atoms with Crippen molar-refractivity contribution in [3.8, 4) is 17.2 Å². The highest BCUT2D eigenvalue weighted by Gasteiger charge is 2.31. The van der Waals surface area contributed by atoms with Crippen LogP contribution in [0.1, 0.15) is 17.2 Å². The highest BCUT2D eigenvalue weighted by molar-refractivity contribution is 5.49. The van der Waals surface area contributed by atoms with Gasteiger partial charge in [-0.2, -0.15) is 0 Å². The Hall–Kier alpha value is -2.41. The fourth-order valence-corrected chi connectivity index (χ4v) is 2.01. The summed E-state index contributed by atoms with van der Waals surface area (Å²) in [5, 5.41) is 10.0. The molecule has 0 fully saturated rings. The van der Waals surface area contributed by atoms with Crippen molar-refractivity contribution < 1.29 is 27.8 Å². The second-order valence-electron chi connectivity index (χ2n) is 4.49. The lowest BCUT2D eigenvalue weighted by Crippen LogP contribution is -2.17. The van der Waals surface area contributed by atoms with E-state index in [0.717, 1.165) is 0 Å². The molecule has 3 N–H and O–H groups in total. The Morgan fingerprint density at radius 1 is 1.09 bits per heavy atom. The molecule has 0 bridgehead atoms. The van der Waals surface area contributed by atoms with Crippen LogP contribution in [-0.2, 0) is 0 Å². The van der Waals surface area contributed by atoms with Gasteiger partial charge in [-0.25, -0.2) is 0 Å². The number of aromatic hydroxyl groups is 1. The van der Waals surface area contributed by atoms with Crippen LogP contribution in [0.25, 0.3) is 0 Å². The van der Waals surface area contributed by atoms with Gasteiger partial charge in [0.05, 0.1) is 13.2 Å². The first-order valence-electron chi connectivity index (χ1n) is 6.29. The normalized spacial score (nSPS) is 12.8. The van der Waals surface area contributed by atoms with E-state index >= 15 is 0 Å². The van der Waals surface area contributed by atoms with Gasteiger partial charge in [0, 0.05) is 5.56 Å². The molecule has 0 saturated carbocycles. The van der Waals surface area contributed by atoms with E-state index in [1.54, 1.807) is 18.2 Å². The van der Waals surface area contributed by atoms with E-state index < -0.39 is 12.4 Å². The van der Waals surface area contributed by atoms with E-state index in [1.165, 1.54) is 31.4 Å². The minimum absolute atomic E-state index is 0.104. The van der Waals surface area contributed by atoms with Gasteiger partial charge in [0.2, 0.25) is 0 Å². The van der Waals surface area contributed by atoms with Crippen LogP contribution in [0.15, 0.2) is 42.5 Å². The van der Waals surface area contributed by atoms with Crippen molar-refractivity contribution in [1.82, 2.24) is 0 Å². The quantitative estimate of drug-likeness (QED) is 0.908. The summed E-state index contributed by atoms with van der Waals surface area (Å²) in [5.74, 6) is -0.170. The van der Waals surface area contributed by atoms with Crippen LogP contribution < -0.4 is 15.2 Å². The molecule has 2 aromatic carbocycles. The van der Waals surface area contributed by atoms with Crippen molar-refractivity contribution in [2.24, 2.45) is 5.73 Å². The number of alkyl halides is 3. The lowest BCUT2D eigenvalue weighted by Gasteiger charge is -2.16. The number of phenols is 1. The number of benzene rings is 2. The van der Waals surface area contributed by atoms with Gasteiger partial charge in [-0.15, -0.1) is 13.2 Å². The summed E-state index contributed by atoms with van der Waals surface area (Å²) >= 11 is 0. The highest BCUT2D eigenvalue weighted by atomic mass is 19.4. The zero-order chi connectivity index (χ0) is 16.3. The number of hydrogen-bond donors (Lipinski definition) is 2. The largest absolute Gasteiger partial charge is 0.573 e. The van der Waals surface area contributed by atoms with Crippen molar-refractivity contribution in [1.29, 1.82) is 0 Å². The van der Waals surface area contributed by atoms with Crippen molar-refractivity contribution in [2.45, 2.75) is 12.4 Å². The summed E-state index contributed by atoms with van der Waals surface area (Å²) in [6.45, 7) is 0. The number of hydrogen-bond acceptors (Lipinski definition) is 4. The Kier molecular flexibility index (Phi) is 4.46. The summed E-state index contributed by atoms with van der Waals surface area (Å²) in [7, 11) is 1.41. The van der Waals surface area contributed by atoms with E-state index in [2.05, 4.69) is 4.74 Å². The number of nitrogens with two attached hydrogens (primary N) is 1. The molecule has 4 nitrogen and oxygen atoms in total. The summed E-state index contributed by atoms with van der Waals surface area (Å²) in [4.78, 5) is 0. The number of phenolic OH excluding ortho intramolecular Hbond substituents is 1. The van der Waals surface area contributed by atoms with Crippen molar-refractivity contribution >= 4 is 0 Å². The molecule has 0 amide bonds. The van der Waals surface area contributed by atoms with E-state index in [-0.39, 0.29) is 17.2 Å². The van der Waals surface area contributed by atoms with Gasteiger partial charge in [0.25, 0.3) is 0 Å². The first-order valence-corrected chi connectivity index (χ1v) is 6.29. The predicted octanol–water partition coefficient (Wildman–Crippen LogP) is 3.35. The lowest BCUT2D eigenvalue weighted by atomic mass is 9.98. The predicted molar refractivity (Wildman–Crippen MR) is 73.8 cm³/mol. The number of ether oxygens (including phenoxy) is 2. The molecule has 0 heterocycles. The zero-order valence-electron chi connectivity index (χ0n) is 11.6.